The quantitative estimate of drug-likeness (QED) is 0.774. The fourth-order valence-corrected chi connectivity index (χ4v) is 1.42. The van der Waals surface area contributed by atoms with E-state index in [2.05, 4.69) is 18.7 Å². The maximum Gasteiger partial charge on any atom is 0.127 e. The summed E-state index contributed by atoms with van der Waals surface area (Å²) in [5.74, 6) is 1.65. The van der Waals surface area contributed by atoms with Crippen LogP contribution in [-0.4, -0.2) is 12.9 Å². The number of hydrogen-bond donors (Lipinski definition) is 1. The highest BCUT2D eigenvalue weighted by Gasteiger charge is 1.99. The Kier molecular flexibility index (Phi) is 4.91. The van der Waals surface area contributed by atoms with Crippen LogP contribution in [0.15, 0.2) is 24.3 Å². The van der Waals surface area contributed by atoms with E-state index in [1.54, 1.807) is 7.11 Å². The van der Waals surface area contributed by atoms with Crippen LogP contribution in [0.3, 0.4) is 0 Å². The lowest BCUT2D eigenvalue weighted by atomic mass is 10.2. The fraction of sp³-hybridized carbons (Fsp3) is 0.273. The third-order valence-electron chi connectivity index (χ3n) is 1.79. The standard InChI is InChI=1S/C11H13ClOS/c1-13-11-8-10(12)6-5-9(11)4-2-3-7-14/h2,4-6,8,14H,3,7H2,1H3. The van der Waals surface area contributed by atoms with Crippen molar-refractivity contribution in [1.82, 2.24) is 0 Å². The van der Waals surface area contributed by atoms with E-state index < -0.39 is 0 Å². The maximum atomic E-state index is 5.84. The van der Waals surface area contributed by atoms with E-state index >= 15 is 0 Å². The Morgan fingerprint density at radius 2 is 2.29 bits per heavy atom. The molecular weight excluding hydrogens is 216 g/mol. The molecule has 0 aliphatic carbocycles. The summed E-state index contributed by atoms with van der Waals surface area (Å²) in [5, 5.41) is 0.688. The molecule has 14 heavy (non-hydrogen) atoms. The van der Waals surface area contributed by atoms with E-state index in [0.29, 0.717) is 5.02 Å². The molecule has 0 atom stereocenters. The highest BCUT2D eigenvalue weighted by atomic mass is 35.5. The van der Waals surface area contributed by atoms with Crippen molar-refractivity contribution >= 4 is 30.3 Å². The highest BCUT2D eigenvalue weighted by molar-refractivity contribution is 7.80. The first-order chi connectivity index (χ1) is 6.77. The largest absolute Gasteiger partial charge is 0.496 e. The summed E-state index contributed by atoms with van der Waals surface area (Å²) in [7, 11) is 1.64. The van der Waals surface area contributed by atoms with Gasteiger partial charge >= 0.3 is 0 Å². The van der Waals surface area contributed by atoms with Crippen molar-refractivity contribution in [2.45, 2.75) is 6.42 Å². The number of hydrogen-bond acceptors (Lipinski definition) is 2. The van der Waals surface area contributed by atoms with Crippen molar-refractivity contribution in [2.24, 2.45) is 0 Å². The summed E-state index contributed by atoms with van der Waals surface area (Å²) in [5.41, 5.74) is 1.04. The summed E-state index contributed by atoms with van der Waals surface area (Å²) in [6.07, 6.45) is 5.04. The predicted molar refractivity (Wildman–Crippen MR) is 65.5 cm³/mol. The molecule has 1 nitrogen and oxygen atoms in total. The van der Waals surface area contributed by atoms with Crippen molar-refractivity contribution in [1.29, 1.82) is 0 Å². The number of allylic oxidation sites excluding steroid dienone is 1. The number of thiol groups is 1. The SMILES string of the molecule is COc1cc(Cl)ccc1C=CCCS. The second-order valence-corrected chi connectivity index (χ2v) is 3.68. The van der Waals surface area contributed by atoms with Crippen LogP contribution in [-0.2, 0) is 0 Å². The van der Waals surface area contributed by atoms with Gasteiger partial charge in [-0.3, -0.25) is 0 Å². The average molecular weight is 229 g/mol. The molecule has 0 spiro atoms. The van der Waals surface area contributed by atoms with Crippen LogP contribution in [0.5, 0.6) is 5.75 Å². The van der Waals surface area contributed by atoms with Crippen LogP contribution in [0.4, 0.5) is 0 Å². The fourth-order valence-electron chi connectivity index (χ4n) is 1.11. The summed E-state index contributed by atoms with van der Waals surface area (Å²) in [4.78, 5) is 0. The molecule has 0 aliphatic heterocycles. The number of ether oxygens (including phenoxy) is 1. The number of halogens is 1. The van der Waals surface area contributed by atoms with Crippen LogP contribution >= 0.6 is 24.2 Å². The zero-order chi connectivity index (χ0) is 10.4. The zero-order valence-corrected chi connectivity index (χ0v) is 9.68. The van der Waals surface area contributed by atoms with Gasteiger partial charge in [0, 0.05) is 10.6 Å². The lowest BCUT2D eigenvalue weighted by Gasteiger charge is -2.04. The van der Waals surface area contributed by atoms with Gasteiger partial charge in [0.25, 0.3) is 0 Å². The minimum Gasteiger partial charge on any atom is -0.496 e. The van der Waals surface area contributed by atoms with Crippen molar-refractivity contribution in [2.75, 3.05) is 12.9 Å². The lowest BCUT2D eigenvalue weighted by molar-refractivity contribution is 0.414. The monoisotopic (exact) mass is 228 g/mol. The van der Waals surface area contributed by atoms with Gasteiger partial charge in [0.15, 0.2) is 0 Å². The van der Waals surface area contributed by atoms with Gasteiger partial charge in [0.05, 0.1) is 7.11 Å². The smallest absolute Gasteiger partial charge is 0.127 e. The first-order valence-corrected chi connectivity index (χ1v) is 5.40. The van der Waals surface area contributed by atoms with Crippen LogP contribution in [0.25, 0.3) is 6.08 Å². The Morgan fingerprint density at radius 3 is 2.93 bits per heavy atom. The van der Waals surface area contributed by atoms with Gasteiger partial charge in [-0.15, -0.1) is 0 Å². The van der Waals surface area contributed by atoms with Gasteiger partial charge < -0.3 is 4.74 Å². The maximum absolute atomic E-state index is 5.84. The van der Waals surface area contributed by atoms with Gasteiger partial charge in [-0.1, -0.05) is 23.8 Å². The molecule has 0 saturated carbocycles. The molecular formula is C11H13ClOS. The normalized spacial score (nSPS) is 10.8. The molecule has 1 rings (SSSR count). The molecule has 0 bridgehead atoms. The van der Waals surface area contributed by atoms with Gasteiger partial charge in [-0.25, -0.2) is 0 Å². The summed E-state index contributed by atoms with van der Waals surface area (Å²) < 4.78 is 5.20. The molecule has 0 amide bonds. The van der Waals surface area contributed by atoms with E-state index in [9.17, 15) is 0 Å². The van der Waals surface area contributed by atoms with Crippen molar-refractivity contribution in [3.8, 4) is 5.75 Å². The Balaban J connectivity index is 2.85. The third-order valence-corrected chi connectivity index (χ3v) is 2.28. The first kappa shape index (κ1) is 11.5. The second kappa shape index (κ2) is 5.99. The molecule has 0 saturated heterocycles. The zero-order valence-electron chi connectivity index (χ0n) is 8.03. The Morgan fingerprint density at radius 1 is 1.50 bits per heavy atom. The van der Waals surface area contributed by atoms with Crippen molar-refractivity contribution < 1.29 is 4.74 Å². The summed E-state index contributed by atoms with van der Waals surface area (Å²) in [6.45, 7) is 0. The molecule has 0 aliphatic rings. The summed E-state index contributed by atoms with van der Waals surface area (Å²) >= 11 is 9.97. The number of rotatable bonds is 4. The number of benzene rings is 1. The molecule has 76 valence electrons. The minimum absolute atomic E-state index is 0.688. The molecule has 0 N–H and O–H groups in total. The molecule has 0 unspecified atom stereocenters. The van der Waals surface area contributed by atoms with E-state index in [1.165, 1.54) is 0 Å². The van der Waals surface area contributed by atoms with Crippen molar-refractivity contribution in [3.63, 3.8) is 0 Å². The third kappa shape index (κ3) is 3.28. The Bertz CT molecular complexity index is 323. The van der Waals surface area contributed by atoms with E-state index in [0.717, 1.165) is 23.5 Å². The molecule has 3 heteroatoms. The van der Waals surface area contributed by atoms with E-state index in [1.807, 2.05) is 24.3 Å². The predicted octanol–water partition coefficient (Wildman–Crippen LogP) is 3.68. The number of methoxy groups -OCH3 is 1. The van der Waals surface area contributed by atoms with E-state index in [4.69, 9.17) is 16.3 Å². The summed E-state index contributed by atoms with van der Waals surface area (Å²) in [6, 6.07) is 5.60. The van der Waals surface area contributed by atoms with E-state index in [-0.39, 0.29) is 0 Å². The molecule has 0 aromatic heterocycles. The average Bonchev–Trinajstić information content (AvgIpc) is 2.20. The van der Waals surface area contributed by atoms with Gasteiger partial charge in [0.2, 0.25) is 0 Å². The van der Waals surface area contributed by atoms with Crippen molar-refractivity contribution in [3.05, 3.63) is 34.9 Å². The van der Waals surface area contributed by atoms with Gasteiger partial charge in [-0.2, -0.15) is 12.6 Å². The second-order valence-electron chi connectivity index (χ2n) is 2.80. The molecule has 0 fully saturated rings. The topological polar surface area (TPSA) is 9.23 Å². The van der Waals surface area contributed by atoms with Crippen LogP contribution in [0.2, 0.25) is 5.02 Å². The van der Waals surface area contributed by atoms with Crippen LogP contribution in [0.1, 0.15) is 12.0 Å². The molecule has 0 heterocycles. The lowest BCUT2D eigenvalue weighted by Crippen LogP contribution is -1.86. The molecule has 1 aromatic rings. The Hall–Kier alpha value is -0.600. The van der Waals surface area contributed by atoms with Crippen LogP contribution in [0, 0.1) is 0 Å². The highest BCUT2D eigenvalue weighted by Crippen LogP contribution is 2.24. The van der Waals surface area contributed by atoms with Gasteiger partial charge in [-0.05, 0) is 30.4 Å². The van der Waals surface area contributed by atoms with Crippen LogP contribution < -0.4 is 4.74 Å². The first-order valence-electron chi connectivity index (χ1n) is 4.39. The van der Waals surface area contributed by atoms with Gasteiger partial charge in [0.1, 0.15) is 5.75 Å². The minimum atomic E-state index is 0.688. The molecule has 1 aromatic carbocycles. The Labute approximate surface area is 95.1 Å². The molecule has 0 radical (unpaired) electrons.